The lowest BCUT2D eigenvalue weighted by Crippen LogP contribution is -2.14. The van der Waals surface area contributed by atoms with E-state index in [1.165, 1.54) is 24.4 Å². The normalized spacial score (nSPS) is 10.5. The molecule has 132 valence electrons. The molecule has 0 fully saturated rings. The van der Waals surface area contributed by atoms with E-state index in [2.05, 4.69) is 15.6 Å². The molecular weight excluding hydrogens is 336 g/mol. The number of hydrogen-bond acceptors (Lipinski definition) is 3. The van der Waals surface area contributed by atoms with Gasteiger partial charge in [-0.1, -0.05) is 12.1 Å². The van der Waals surface area contributed by atoms with Gasteiger partial charge in [0.1, 0.15) is 23.1 Å². The van der Waals surface area contributed by atoms with E-state index in [1.807, 2.05) is 32.0 Å². The summed E-state index contributed by atoms with van der Waals surface area (Å²) in [6, 6.07) is 12.3. The van der Waals surface area contributed by atoms with Crippen LogP contribution in [0.1, 0.15) is 21.5 Å². The van der Waals surface area contributed by atoms with Crippen molar-refractivity contribution in [1.29, 1.82) is 0 Å². The van der Waals surface area contributed by atoms with Crippen molar-refractivity contribution < 1.29 is 13.6 Å². The van der Waals surface area contributed by atoms with Crippen LogP contribution in [-0.4, -0.2) is 10.9 Å². The lowest BCUT2D eigenvalue weighted by molar-refractivity contribution is 0.102. The first-order valence-electron chi connectivity index (χ1n) is 7.99. The van der Waals surface area contributed by atoms with E-state index >= 15 is 0 Å². The first-order valence-corrected chi connectivity index (χ1v) is 7.99. The van der Waals surface area contributed by atoms with Crippen LogP contribution in [0.3, 0.4) is 0 Å². The predicted molar refractivity (Wildman–Crippen MR) is 97.7 cm³/mol. The van der Waals surface area contributed by atoms with E-state index in [1.54, 1.807) is 0 Å². The number of benzene rings is 2. The number of hydrogen-bond donors (Lipinski definition) is 2. The fraction of sp³-hybridized carbons (Fsp3) is 0.100. The molecule has 0 saturated heterocycles. The summed E-state index contributed by atoms with van der Waals surface area (Å²) < 4.78 is 27.4. The largest absolute Gasteiger partial charge is 0.340 e. The van der Waals surface area contributed by atoms with Crippen molar-refractivity contribution in [2.45, 2.75) is 13.8 Å². The highest BCUT2D eigenvalue weighted by Gasteiger charge is 2.14. The van der Waals surface area contributed by atoms with Gasteiger partial charge in [0.25, 0.3) is 5.91 Å². The van der Waals surface area contributed by atoms with Crippen LogP contribution in [-0.2, 0) is 0 Å². The zero-order valence-corrected chi connectivity index (χ0v) is 14.3. The number of pyridine rings is 1. The van der Waals surface area contributed by atoms with Gasteiger partial charge in [0.15, 0.2) is 0 Å². The second kappa shape index (κ2) is 7.31. The minimum atomic E-state index is -0.832. The lowest BCUT2D eigenvalue weighted by atomic mass is 10.1. The van der Waals surface area contributed by atoms with Crippen LogP contribution in [0.4, 0.5) is 26.0 Å². The molecule has 1 heterocycles. The Bertz CT molecular complexity index is 933. The van der Waals surface area contributed by atoms with Crippen molar-refractivity contribution in [2.24, 2.45) is 0 Å². The third kappa shape index (κ3) is 4.03. The molecule has 0 bridgehead atoms. The van der Waals surface area contributed by atoms with Crippen LogP contribution in [0.5, 0.6) is 0 Å². The van der Waals surface area contributed by atoms with Gasteiger partial charge in [-0.05, 0) is 61.4 Å². The first-order chi connectivity index (χ1) is 12.4. The van der Waals surface area contributed by atoms with E-state index in [4.69, 9.17) is 0 Å². The molecule has 0 atom stereocenters. The van der Waals surface area contributed by atoms with Crippen molar-refractivity contribution in [3.63, 3.8) is 0 Å². The fourth-order valence-electron chi connectivity index (χ4n) is 2.64. The minimum absolute atomic E-state index is 0.231. The molecule has 2 N–H and O–H groups in total. The molecule has 3 rings (SSSR count). The maximum Gasteiger partial charge on any atom is 0.256 e. The number of nitrogens with one attached hydrogen (secondary N) is 2. The topological polar surface area (TPSA) is 54.0 Å². The Morgan fingerprint density at radius 1 is 0.962 bits per heavy atom. The van der Waals surface area contributed by atoms with Crippen molar-refractivity contribution in [3.05, 3.63) is 83.1 Å². The predicted octanol–water partition coefficient (Wildman–Crippen LogP) is 4.97. The summed E-state index contributed by atoms with van der Waals surface area (Å²) in [7, 11) is 0. The number of halogens is 2. The molecule has 6 heteroatoms. The van der Waals surface area contributed by atoms with Gasteiger partial charge in [-0.25, -0.2) is 13.8 Å². The van der Waals surface area contributed by atoms with E-state index in [9.17, 15) is 13.6 Å². The summed E-state index contributed by atoms with van der Waals surface area (Å²) in [6.45, 7) is 3.97. The maximum absolute atomic E-state index is 13.7. The number of amides is 1. The standard InChI is InChI=1S/C20H17F2N3O/c1-12-8-13(2)10-15(9-12)24-18-11-14(6-7-23-18)20(26)25-19-16(21)4-3-5-17(19)22/h3-11H,1-2H3,(H,23,24)(H,25,26). The van der Waals surface area contributed by atoms with Gasteiger partial charge in [-0.2, -0.15) is 0 Å². The average molecular weight is 353 g/mol. The van der Waals surface area contributed by atoms with Gasteiger partial charge in [0, 0.05) is 17.4 Å². The number of rotatable bonds is 4. The highest BCUT2D eigenvalue weighted by molar-refractivity contribution is 6.04. The second-order valence-corrected chi connectivity index (χ2v) is 5.98. The maximum atomic E-state index is 13.7. The second-order valence-electron chi connectivity index (χ2n) is 5.98. The highest BCUT2D eigenvalue weighted by Crippen LogP contribution is 2.21. The molecule has 1 aromatic heterocycles. The molecule has 3 aromatic rings. The molecule has 2 aromatic carbocycles. The number of carbonyl (C=O) groups is 1. The Labute approximate surface area is 149 Å². The fourth-order valence-corrected chi connectivity index (χ4v) is 2.64. The monoisotopic (exact) mass is 353 g/mol. The van der Waals surface area contributed by atoms with Gasteiger partial charge in [0.05, 0.1) is 0 Å². The van der Waals surface area contributed by atoms with Gasteiger partial charge >= 0.3 is 0 Å². The molecule has 26 heavy (non-hydrogen) atoms. The zero-order valence-electron chi connectivity index (χ0n) is 14.3. The first kappa shape index (κ1) is 17.5. The quantitative estimate of drug-likeness (QED) is 0.696. The minimum Gasteiger partial charge on any atom is -0.340 e. The van der Waals surface area contributed by atoms with E-state index < -0.39 is 23.2 Å². The number of anilines is 3. The van der Waals surface area contributed by atoms with Crippen molar-refractivity contribution in [2.75, 3.05) is 10.6 Å². The van der Waals surface area contributed by atoms with Crippen molar-refractivity contribution in [3.8, 4) is 0 Å². The number of nitrogens with zero attached hydrogens (tertiary/aromatic N) is 1. The van der Waals surface area contributed by atoms with Crippen molar-refractivity contribution >= 4 is 23.1 Å². The summed E-state index contributed by atoms with van der Waals surface area (Å²) in [6.07, 6.45) is 1.46. The number of carbonyl (C=O) groups excluding carboxylic acids is 1. The number of aryl methyl sites for hydroxylation is 2. The SMILES string of the molecule is Cc1cc(C)cc(Nc2cc(C(=O)Nc3c(F)cccc3F)ccn2)c1. The van der Waals surface area contributed by atoms with Crippen LogP contribution in [0.15, 0.2) is 54.7 Å². The summed E-state index contributed by atoms with van der Waals surface area (Å²) >= 11 is 0. The van der Waals surface area contributed by atoms with Gasteiger partial charge in [-0.3, -0.25) is 4.79 Å². The molecule has 0 saturated carbocycles. The Hall–Kier alpha value is -3.28. The van der Waals surface area contributed by atoms with E-state index in [0.29, 0.717) is 5.82 Å². The Kier molecular flexibility index (Phi) is 4.93. The van der Waals surface area contributed by atoms with E-state index in [0.717, 1.165) is 28.9 Å². The molecule has 0 aliphatic rings. The zero-order chi connectivity index (χ0) is 18.7. The average Bonchev–Trinajstić information content (AvgIpc) is 2.57. The van der Waals surface area contributed by atoms with Crippen LogP contribution in [0.2, 0.25) is 0 Å². The van der Waals surface area contributed by atoms with Crippen molar-refractivity contribution in [1.82, 2.24) is 4.98 Å². The summed E-state index contributed by atoms with van der Waals surface area (Å²) in [4.78, 5) is 16.5. The summed E-state index contributed by atoms with van der Waals surface area (Å²) in [5.41, 5.74) is 2.79. The molecular formula is C20H17F2N3O. The van der Waals surface area contributed by atoms with Gasteiger partial charge in [-0.15, -0.1) is 0 Å². The molecule has 0 unspecified atom stereocenters. The molecule has 0 radical (unpaired) electrons. The number of aromatic nitrogens is 1. The van der Waals surface area contributed by atoms with Crippen LogP contribution >= 0.6 is 0 Å². The highest BCUT2D eigenvalue weighted by atomic mass is 19.1. The van der Waals surface area contributed by atoms with Gasteiger partial charge < -0.3 is 10.6 Å². The molecule has 1 amide bonds. The third-order valence-electron chi connectivity index (χ3n) is 3.72. The summed E-state index contributed by atoms with van der Waals surface area (Å²) in [5.74, 6) is -1.83. The Morgan fingerprint density at radius 3 is 2.27 bits per heavy atom. The molecule has 4 nitrogen and oxygen atoms in total. The smallest absolute Gasteiger partial charge is 0.256 e. The van der Waals surface area contributed by atoms with Crippen LogP contribution < -0.4 is 10.6 Å². The molecule has 0 aliphatic carbocycles. The Morgan fingerprint density at radius 2 is 1.62 bits per heavy atom. The third-order valence-corrected chi connectivity index (χ3v) is 3.72. The van der Waals surface area contributed by atoms with E-state index in [-0.39, 0.29) is 5.56 Å². The van der Waals surface area contributed by atoms with Gasteiger partial charge in [0.2, 0.25) is 0 Å². The lowest BCUT2D eigenvalue weighted by Gasteiger charge is -2.10. The molecule has 0 aliphatic heterocycles. The molecule has 0 spiro atoms. The van der Waals surface area contributed by atoms with Crippen LogP contribution in [0, 0.1) is 25.5 Å². The Balaban J connectivity index is 1.81. The number of para-hydroxylation sites is 1. The van der Waals surface area contributed by atoms with Crippen LogP contribution in [0.25, 0.3) is 0 Å². The summed E-state index contributed by atoms with van der Waals surface area (Å²) in [5, 5.41) is 5.39.